The van der Waals surface area contributed by atoms with Crippen LogP contribution in [0.25, 0.3) is 12.2 Å². The molecule has 0 aliphatic heterocycles. The molecule has 0 spiro atoms. The first-order valence-electron chi connectivity index (χ1n) is 6.24. The van der Waals surface area contributed by atoms with E-state index in [2.05, 4.69) is 0 Å². The number of ether oxygens (including phenoxy) is 2. The number of rotatable bonds is 4. The van der Waals surface area contributed by atoms with E-state index in [4.69, 9.17) is 9.47 Å². The SMILES string of the molecule is COC(=O)c1ccccc1/C=C/c1ccc(OC)cc1. The number of carbonyl (C=O) groups is 1. The lowest BCUT2D eigenvalue weighted by Gasteiger charge is -2.03. The van der Waals surface area contributed by atoms with Gasteiger partial charge in [-0.2, -0.15) is 0 Å². The Balaban J connectivity index is 2.24. The molecule has 0 amide bonds. The Hall–Kier alpha value is -2.55. The summed E-state index contributed by atoms with van der Waals surface area (Å²) in [5, 5.41) is 0. The number of benzene rings is 2. The standard InChI is InChI=1S/C17H16O3/c1-19-15-11-8-13(9-12-15)7-10-14-5-3-4-6-16(14)17(18)20-2/h3-12H,1-2H3/b10-7+. The first-order valence-corrected chi connectivity index (χ1v) is 6.24. The highest BCUT2D eigenvalue weighted by Crippen LogP contribution is 2.16. The Kier molecular flexibility index (Phi) is 4.56. The fourth-order valence-corrected chi connectivity index (χ4v) is 1.84. The van der Waals surface area contributed by atoms with Crippen molar-refractivity contribution < 1.29 is 14.3 Å². The summed E-state index contributed by atoms with van der Waals surface area (Å²) in [6.07, 6.45) is 3.84. The second kappa shape index (κ2) is 6.57. The Morgan fingerprint density at radius 1 is 0.950 bits per heavy atom. The average molecular weight is 268 g/mol. The minimum Gasteiger partial charge on any atom is -0.497 e. The zero-order chi connectivity index (χ0) is 14.4. The van der Waals surface area contributed by atoms with Gasteiger partial charge in [0.2, 0.25) is 0 Å². The van der Waals surface area contributed by atoms with E-state index in [0.29, 0.717) is 5.56 Å². The molecule has 0 bridgehead atoms. The van der Waals surface area contributed by atoms with Gasteiger partial charge in [0.15, 0.2) is 0 Å². The fourth-order valence-electron chi connectivity index (χ4n) is 1.84. The third kappa shape index (κ3) is 3.26. The summed E-state index contributed by atoms with van der Waals surface area (Å²) in [6.45, 7) is 0. The maximum atomic E-state index is 11.7. The summed E-state index contributed by atoms with van der Waals surface area (Å²) in [4.78, 5) is 11.7. The Bertz CT molecular complexity index is 612. The van der Waals surface area contributed by atoms with Crippen molar-refractivity contribution >= 4 is 18.1 Å². The van der Waals surface area contributed by atoms with E-state index >= 15 is 0 Å². The van der Waals surface area contributed by atoms with Crippen LogP contribution in [0.5, 0.6) is 5.75 Å². The topological polar surface area (TPSA) is 35.5 Å². The van der Waals surface area contributed by atoms with Crippen molar-refractivity contribution in [1.29, 1.82) is 0 Å². The quantitative estimate of drug-likeness (QED) is 0.627. The van der Waals surface area contributed by atoms with Gasteiger partial charge in [0.05, 0.1) is 19.8 Å². The van der Waals surface area contributed by atoms with E-state index in [9.17, 15) is 4.79 Å². The molecule has 20 heavy (non-hydrogen) atoms. The molecule has 0 unspecified atom stereocenters. The summed E-state index contributed by atoms with van der Waals surface area (Å²) in [5.74, 6) is 0.483. The Labute approximate surface area is 118 Å². The van der Waals surface area contributed by atoms with Crippen LogP contribution in [0, 0.1) is 0 Å². The smallest absolute Gasteiger partial charge is 0.338 e. The van der Waals surface area contributed by atoms with Gasteiger partial charge in [-0.25, -0.2) is 4.79 Å². The van der Waals surface area contributed by atoms with Gasteiger partial charge in [-0.3, -0.25) is 0 Å². The summed E-state index contributed by atoms with van der Waals surface area (Å²) in [7, 11) is 3.02. The van der Waals surface area contributed by atoms with E-state index < -0.39 is 0 Å². The molecule has 102 valence electrons. The van der Waals surface area contributed by atoms with Gasteiger partial charge in [-0.05, 0) is 29.3 Å². The molecule has 3 heteroatoms. The van der Waals surface area contributed by atoms with E-state index in [1.54, 1.807) is 13.2 Å². The van der Waals surface area contributed by atoms with Crippen molar-refractivity contribution in [3.63, 3.8) is 0 Å². The summed E-state index contributed by atoms with van der Waals surface area (Å²) in [6, 6.07) is 15.0. The second-order valence-electron chi connectivity index (χ2n) is 4.19. The van der Waals surface area contributed by atoms with Gasteiger partial charge in [0, 0.05) is 0 Å². The molecule has 3 nitrogen and oxygen atoms in total. The van der Waals surface area contributed by atoms with Crippen LogP contribution in [0.3, 0.4) is 0 Å². The average Bonchev–Trinajstić information content (AvgIpc) is 2.53. The molecular weight excluding hydrogens is 252 g/mol. The van der Waals surface area contributed by atoms with Crippen LogP contribution < -0.4 is 4.74 Å². The molecule has 2 rings (SSSR count). The van der Waals surface area contributed by atoms with Crippen LogP contribution in [-0.4, -0.2) is 20.2 Å². The van der Waals surface area contributed by atoms with E-state index in [0.717, 1.165) is 16.9 Å². The van der Waals surface area contributed by atoms with Crippen molar-refractivity contribution in [2.24, 2.45) is 0 Å². The van der Waals surface area contributed by atoms with Crippen LogP contribution in [0.15, 0.2) is 48.5 Å². The third-order valence-electron chi connectivity index (χ3n) is 2.94. The maximum absolute atomic E-state index is 11.7. The maximum Gasteiger partial charge on any atom is 0.338 e. The van der Waals surface area contributed by atoms with E-state index in [-0.39, 0.29) is 5.97 Å². The predicted octanol–water partition coefficient (Wildman–Crippen LogP) is 3.65. The first-order chi connectivity index (χ1) is 9.74. The number of hydrogen-bond acceptors (Lipinski definition) is 3. The van der Waals surface area contributed by atoms with Crippen molar-refractivity contribution in [3.05, 3.63) is 65.2 Å². The van der Waals surface area contributed by atoms with E-state index in [1.165, 1.54) is 7.11 Å². The van der Waals surface area contributed by atoms with E-state index in [1.807, 2.05) is 54.6 Å². The van der Waals surface area contributed by atoms with Crippen LogP contribution >= 0.6 is 0 Å². The minimum absolute atomic E-state index is 0.333. The van der Waals surface area contributed by atoms with Crippen molar-refractivity contribution in [1.82, 2.24) is 0 Å². The van der Waals surface area contributed by atoms with Crippen LogP contribution in [-0.2, 0) is 4.74 Å². The highest BCUT2D eigenvalue weighted by atomic mass is 16.5. The van der Waals surface area contributed by atoms with Gasteiger partial charge in [-0.15, -0.1) is 0 Å². The third-order valence-corrected chi connectivity index (χ3v) is 2.94. The summed E-state index contributed by atoms with van der Waals surface area (Å²) in [5.41, 5.74) is 2.42. The molecular formula is C17H16O3. The molecule has 0 atom stereocenters. The van der Waals surface area contributed by atoms with Gasteiger partial charge in [-0.1, -0.05) is 42.5 Å². The molecule has 0 saturated heterocycles. The molecule has 0 heterocycles. The predicted molar refractivity (Wildman–Crippen MR) is 79.7 cm³/mol. The number of methoxy groups -OCH3 is 2. The fraction of sp³-hybridized carbons (Fsp3) is 0.118. The van der Waals surface area contributed by atoms with Gasteiger partial charge in [0.1, 0.15) is 5.75 Å². The zero-order valence-corrected chi connectivity index (χ0v) is 11.5. The van der Waals surface area contributed by atoms with Crippen LogP contribution in [0.4, 0.5) is 0 Å². The van der Waals surface area contributed by atoms with Crippen LogP contribution in [0.1, 0.15) is 21.5 Å². The second-order valence-corrected chi connectivity index (χ2v) is 4.19. The lowest BCUT2D eigenvalue weighted by molar-refractivity contribution is 0.0600. The lowest BCUT2D eigenvalue weighted by atomic mass is 10.1. The first kappa shape index (κ1) is 13.9. The summed E-state index contributed by atoms with van der Waals surface area (Å²) < 4.78 is 9.88. The molecule has 0 saturated carbocycles. The zero-order valence-electron chi connectivity index (χ0n) is 11.5. The van der Waals surface area contributed by atoms with Crippen molar-refractivity contribution in [2.45, 2.75) is 0 Å². The van der Waals surface area contributed by atoms with Crippen molar-refractivity contribution in [2.75, 3.05) is 14.2 Å². The Morgan fingerprint density at radius 2 is 1.65 bits per heavy atom. The highest BCUT2D eigenvalue weighted by Gasteiger charge is 2.08. The number of carbonyl (C=O) groups excluding carboxylic acids is 1. The van der Waals surface area contributed by atoms with Crippen LogP contribution in [0.2, 0.25) is 0 Å². The highest BCUT2D eigenvalue weighted by molar-refractivity contribution is 5.94. The largest absolute Gasteiger partial charge is 0.497 e. The molecule has 0 N–H and O–H groups in total. The van der Waals surface area contributed by atoms with Gasteiger partial charge >= 0.3 is 5.97 Å². The molecule has 0 aliphatic rings. The van der Waals surface area contributed by atoms with Gasteiger partial charge in [0.25, 0.3) is 0 Å². The monoisotopic (exact) mass is 268 g/mol. The molecule has 0 fully saturated rings. The normalized spacial score (nSPS) is 10.5. The number of esters is 1. The Morgan fingerprint density at radius 3 is 2.30 bits per heavy atom. The molecule has 2 aromatic rings. The lowest BCUT2D eigenvalue weighted by Crippen LogP contribution is -2.02. The molecule has 2 aromatic carbocycles. The van der Waals surface area contributed by atoms with Crippen molar-refractivity contribution in [3.8, 4) is 5.75 Å². The minimum atomic E-state index is -0.333. The molecule has 0 aliphatic carbocycles. The number of hydrogen-bond donors (Lipinski definition) is 0. The molecule has 0 radical (unpaired) electrons. The summed E-state index contributed by atoms with van der Waals surface area (Å²) >= 11 is 0. The van der Waals surface area contributed by atoms with Gasteiger partial charge < -0.3 is 9.47 Å². The molecule has 0 aromatic heterocycles.